The third kappa shape index (κ3) is 18.7. The Bertz CT molecular complexity index is 2620. The second kappa shape index (κ2) is 30.7. The Balaban J connectivity index is 1.40. The van der Waals surface area contributed by atoms with E-state index in [0.717, 1.165) is 34.7 Å². The predicted molar refractivity (Wildman–Crippen MR) is 303 cm³/mol. The molecule has 3 aliphatic heterocycles. The SMILES string of the molecule is CO[C@H]1C[C@@H]2CC[C@@H](C)[C@@](O)(O2)C(=O)C(=O)N2CCCC[C@H]2C(=O)O[C@H]([C@H](C)C[C@H]2CC[C@@H](OC(=O)Oc3ccc(C(P(=O)(O)O)P(=O)(O)O)cc3)[C@H](OC)C2)CC(=O)[C@H](C)/C=C(\C)[C@@H](O)[C@@H](OC)C(=O)[C@H](C)C[C@H](C)/C=C/C=C/C=C/1C. The van der Waals surface area contributed by atoms with Crippen molar-refractivity contribution in [3.8, 4) is 5.75 Å². The molecule has 0 unspecified atom stereocenters. The van der Waals surface area contributed by atoms with E-state index in [2.05, 4.69) is 0 Å². The van der Waals surface area contributed by atoms with Crippen molar-refractivity contribution >= 4 is 50.6 Å². The Labute approximate surface area is 486 Å². The lowest BCUT2D eigenvalue weighted by molar-refractivity contribution is -0.265. The molecule has 3 fully saturated rings. The first-order valence-corrected chi connectivity index (χ1v) is 31.9. The molecule has 4 aliphatic rings. The fraction of sp³-hybridized carbons (Fsp3) is 0.661. The summed E-state index contributed by atoms with van der Waals surface area (Å²) in [4.78, 5) is 124. The van der Waals surface area contributed by atoms with Gasteiger partial charge in [-0.15, -0.1) is 0 Å². The van der Waals surface area contributed by atoms with E-state index in [-0.39, 0.29) is 66.9 Å². The Morgan fingerprint density at radius 2 is 1.48 bits per heavy atom. The van der Waals surface area contributed by atoms with Crippen molar-refractivity contribution in [3.63, 3.8) is 0 Å². The molecule has 0 radical (unpaired) electrons. The van der Waals surface area contributed by atoms with Crippen LogP contribution in [0.5, 0.6) is 5.75 Å². The van der Waals surface area contributed by atoms with Gasteiger partial charge in [0.1, 0.15) is 42.0 Å². The van der Waals surface area contributed by atoms with Crippen LogP contribution < -0.4 is 4.74 Å². The van der Waals surface area contributed by atoms with Crippen molar-refractivity contribution in [3.05, 3.63) is 77.4 Å². The average molecular weight is 1210 g/mol. The van der Waals surface area contributed by atoms with Crippen LogP contribution in [-0.4, -0.2) is 152 Å². The molecule has 15 atom stereocenters. The smallest absolute Gasteiger partial charge is 0.460 e. The summed E-state index contributed by atoms with van der Waals surface area (Å²) in [5.74, 6) is -9.33. The number of esters is 1. The van der Waals surface area contributed by atoms with Crippen LogP contribution in [0.2, 0.25) is 0 Å². The number of fused-ring (bicyclic) bond motifs is 3. The number of hydrogen-bond acceptors (Lipinski definition) is 17. The lowest BCUT2D eigenvalue weighted by Crippen LogP contribution is -2.61. The first kappa shape index (κ1) is 69.2. The van der Waals surface area contributed by atoms with Crippen molar-refractivity contribution in [1.82, 2.24) is 4.90 Å². The Morgan fingerprint density at radius 1 is 0.807 bits per heavy atom. The molecule has 5 rings (SSSR count). The number of benzene rings is 1. The van der Waals surface area contributed by atoms with E-state index in [0.29, 0.717) is 56.9 Å². The van der Waals surface area contributed by atoms with Crippen LogP contribution in [0.25, 0.3) is 0 Å². The number of carbonyl (C=O) groups is 6. The molecule has 3 heterocycles. The lowest BCUT2D eigenvalue weighted by atomic mass is 9.78. The van der Waals surface area contributed by atoms with Gasteiger partial charge in [-0.3, -0.25) is 28.3 Å². The van der Waals surface area contributed by atoms with Crippen molar-refractivity contribution < 1.29 is 101 Å². The number of amides is 1. The molecule has 24 heteroatoms. The Hall–Kier alpha value is -4.54. The molecule has 83 heavy (non-hydrogen) atoms. The first-order valence-electron chi connectivity index (χ1n) is 28.5. The van der Waals surface area contributed by atoms with Gasteiger partial charge in [0.15, 0.2) is 11.2 Å². The van der Waals surface area contributed by atoms with Gasteiger partial charge in [-0.2, -0.15) is 0 Å². The number of piperidine rings is 1. The van der Waals surface area contributed by atoms with Crippen molar-refractivity contribution in [2.45, 2.75) is 185 Å². The normalized spacial score (nSPS) is 34.5. The highest BCUT2D eigenvalue weighted by Gasteiger charge is 2.53. The molecule has 2 bridgehead atoms. The fourth-order valence-corrected chi connectivity index (χ4v) is 14.5. The second-order valence-electron chi connectivity index (χ2n) is 23.2. The van der Waals surface area contributed by atoms with Crippen LogP contribution in [-0.2, 0) is 61.5 Å². The zero-order valence-corrected chi connectivity index (χ0v) is 51.1. The molecule has 0 aromatic heterocycles. The summed E-state index contributed by atoms with van der Waals surface area (Å²) in [6, 6.07) is 2.98. The number of ether oxygens (including phenoxy) is 7. The van der Waals surface area contributed by atoms with E-state index in [1.54, 1.807) is 40.9 Å². The van der Waals surface area contributed by atoms with Crippen LogP contribution >= 0.6 is 15.2 Å². The molecule has 1 aromatic carbocycles. The quantitative estimate of drug-likeness (QED) is 0.0405. The summed E-state index contributed by atoms with van der Waals surface area (Å²) in [6.07, 6.45) is 7.28. The number of aliphatic hydroxyl groups is 2. The summed E-state index contributed by atoms with van der Waals surface area (Å²) in [5, 5.41) is 21.2. The molecule has 22 nitrogen and oxygen atoms in total. The van der Waals surface area contributed by atoms with E-state index < -0.39 is 123 Å². The van der Waals surface area contributed by atoms with Gasteiger partial charge >= 0.3 is 27.3 Å². The number of methoxy groups -OCH3 is 3. The van der Waals surface area contributed by atoms with Crippen molar-refractivity contribution in [1.29, 1.82) is 0 Å². The maximum absolute atomic E-state index is 14.6. The maximum atomic E-state index is 14.6. The van der Waals surface area contributed by atoms with Gasteiger partial charge in [0.2, 0.25) is 5.79 Å². The number of allylic oxidation sites excluding steroid dienone is 6. The zero-order valence-electron chi connectivity index (χ0n) is 49.3. The van der Waals surface area contributed by atoms with Crippen LogP contribution in [0.1, 0.15) is 136 Å². The first-order chi connectivity index (χ1) is 38.9. The Kier molecular flexibility index (Phi) is 25.6. The number of rotatable bonds is 11. The molecular formula is C59H87NO21P2. The number of hydrogen-bond donors (Lipinski definition) is 6. The highest BCUT2D eigenvalue weighted by atomic mass is 31.2. The fourth-order valence-electron chi connectivity index (χ4n) is 11.8. The van der Waals surface area contributed by atoms with Gasteiger partial charge in [0, 0.05) is 58.5 Å². The van der Waals surface area contributed by atoms with Crippen LogP contribution in [0.15, 0.2) is 71.9 Å². The van der Waals surface area contributed by atoms with E-state index >= 15 is 0 Å². The molecule has 1 aromatic rings. The van der Waals surface area contributed by atoms with Gasteiger partial charge < -0.3 is 67.8 Å². The lowest BCUT2D eigenvalue weighted by Gasteiger charge is -2.42. The monoisotopic (exact) mass is 1210 g/mol. The summed E-state index contributed by atoms with van der Waals surface area (Å²) in [5.41, 5.74) is 0.774. The van der Waals surface area contributed by atoms with E-state index in [1.165, 1.54) is 14.2 Å². The second-order valence-corrected chi connectivity index (χ2v) is 26.9. The molecule has 1 amide bonds. The largest absolute Gasteiger partial charge is 0.514 e. The molecular weight excluding hydrogens is 1120 g/mol. The number of nitrogens with zero attached hydrogens (tertiary/aromatic N) is 1. The van der Waals surface area contributed by atoms with Gasteiger partial charge in [-0.1, -0.05) is 83.2 Å². The third-order valence-corrected chi connectivity index (χ3v) is 20.4. The summed E-state index contributed by atoms with van der Waals surface area (Å²) in [6.45, 7) is 12.3. The topological polar surface area (TPSA) is 326 Å². The number of carbonyl (C=O) groups excluding carboxylic acids is 6. The van der Waals surface area contributed by atoms with Gasteiger partial charge in [0.25, 0.3) is 11.7 Å². The van der Waals surface area contributed by atoms with Gasteiger partial charge in [-0.25, -0.2) is 9.59 Å². The summed E-state index contributed by atoms with van der Waals surface area (Å²) in [7, 11) is -6.26. The minimum atomic E-state index is -5.29. The molecule has 464 valence electrons. The average Bonchev–Trinajstić information content (AvgIpc) is 3.53. The highest BCUT2D eigenvalue weighted by molar-refractivity contribution is 7.70. The summed E-state index contributed by atoms with van der Waals surface area (Å²) < 4.78 is 64.4. The summed E-state index contributed by atoms with van der Waals surface area (Å²) >= 11 is 0. The molecule has 2 saturated heterocycles. The van der Waals surface area contributed by atoms with Crippen molar-refractivity contribution in [2.75, 3.05) is 27.9 Å². The molecule has 1 aliphatic carbocycles. The van der Waals surface area contributed by atoms with E-state index in [9.17, 15) is 67.7 Å². The predicted octanol–water partition coefficient (Wildman–Crippen LogP) is 7.76. The Morgan fingerprint density at radius 3 is 2.11 bits per heavy atom. The molecule has 0 spiro atoms. The number of Topliss-reactive ketones (excluding diaryl/α,β-unsaturated/α-hetero) is 3. The van der Waals surface area contributed by atoms with E-state index in [1.807, 2.05) is 51.2 Å². The molecule has 1 saturated carbocycles. The van der Waals surface area contributed by atoms with Gasteiger partial charge in [0.05, 0.1) is 18.3 Å². The maximum Gasteiger partial charge on any atom is 0.514 e. The highest BCUT2D eigenvalue weighted by Crippen LogP contribution is 2.69. The van der Waals surface area contributed by atoms with E-state index in [4.69, 9.17) is 33.2 Å². The zero-order chi connectivity index (χ0) is 61.7. The van der Waals surface area contributed by atoms with Crippen LogP contribution in [0.3, 0.4) is 0 Å². The third-order valence-electron chi connectivity index (χ3n) is 16.7. The van der Waals surface area contributed by atoms with Crippen LogP contribution in [0.4, 0.5) is 4.79 Å². The minimum Gasteiger partial charge on any atom is -0.460 e. The number of aliphatic hydroxyl groups excluding tert-OH is 1. The van der Waals surface area contributed by atoms with Crippen LogP contribution in [0, 0.1) is 35.5 Å². The standard InChI is InChI=1S/C59H87NO21P2/c1-34-16-12-11-13-17-35(2)48(75-8)32-44-23-19-40(7)59(68,81-44)54(64)55(65)60-27-15-14-18-45(60)56(66)79-49(33-46(61)36(3)29-39(6)52(63)53(77-10)51(62)38(5)28-34)37(4)30-41-20-26-47(50(31-41)76-9)80-58(67)78-43-24-21-42(22-25-43)57(82(69,70)71)83(72,73)74/h11-13,16-17,21-22,24-25,29,34,36-38,40-41,44-45,47-50,52-53,57,63,68H,14-15,18-20,23,26-28,30-33H2,1-10H3,(H2,69,70,71)(H2,72,73,74)/b13-11+,16-12+,35-17+,39-29+/t34-,36-,37-,38-,40-,41-,44+,45+,47-,48+,49+,50-,52-,53+,59-/m1/s1. The molecule has 6 N–H and O–H groups in total. The number of ketones is 3. The van der Waals surface area contributed by atoms with Crippen molar-refractivity contribution in [2.24, 2.45) is 35.5 Å². The van der Waals surface area contributed by atoms with Gasteiger partial charge in [-0.05, 0) is 125 Å². The minimum absolute atomic E-state index is 0.00462. The number of cyclic esters (lactones) is 1.